The third-order valence-corrected chi connectivity index (χ3v) is 2.85. The quantitative estimate of drug-likeness (QED) is 0.881. The summed E-state index contributed by atoms with van der Waals surface area (Å²) in [7, 11) is 0. The average molecular weight is 232 g/mol. The van der Waals surface area contributed by atoms with Gasteiger partial charge < -0.3 is 4.98 Å². The molecule has 0 saturated carbocycles. The van der Waals surface area contributed by atoms with Gasteiger partial charge in [-0.3, -0.25) is 4.68 Å². The normalized spacial score (nSPS) is 11.4. The highest BCUT2D eigenvalue weighted by atomic mass is 15.3. The summed E-state index contributed by atoms with van der Waals surface area (Å²) in [6.07, 6.45) is 5.12. The van der Waals surface area contributed by atoms with E-state index in [9.17, 15) is 0 Å². The molecule has 0 atom stereocenters. The van der Waals surface area contributed by atoms with Gasteiger partial charge in [0.1, 0.15) is 5.82 Å². The van der Waals surface area contributed by atoms with E-state index in [1.165, 1.54) is 0 Å². The summed E-state index contributed by atoms with van der Waals surface area (Å²) in [5, 5.41) is 4.38. The minimum atomic E-state index is 0.706. The number of hydrogen-bond donors (Lipinski definition) is 1. The van der Waals surface area contributed by atoms with E-state index >= 15 is 0 Å². The van der Waals surface area contributed by atoms with E-state index in [2.05, 4.69) is 35.1 Å². The smallest absolute Gasteiger partial charge is 0.103 e. The lowest BCUT2D eigenvalue weighted by Crippen LogP contribution is -2.01. The van der Waals surface area contributed by atoms with Crippen molar-refractivity contribution in [2.75, 3.05) is 0 Å². The Hall–Kier alpha value is -1.58. The van der Waals surface area contributed by atoms with Crippen LogP contribution in [0.25, 0.3) is 11.3 Å². The molecular formula is C13H20N4. The number of aromatic nitrogens is 4. The summed E-state index contributed by atoms with van der Waals surface area (Å²) >= 11 is 0. The zero-order chi connectivity index (χ0) is 12.4. The van der Waals surface area contributed by atoms with Crippen molar-refractivity contribution < 1.29 is 0 Å². The average Bonchev–Trinajstić information content (AvgIpc) is 2.82. The number of aryl methyl sites for hydroxylation is 3. The number of imidazole rings is 1. The van der Waals surface area contributed by atoms with Crippen LogP contribution >= 0.6 is 0 Å². The Kier molecular flexibility index (Phi) is 3.31. The molecule has 0 bridgehead atoms. The minimum Gasteiger partial charge on any atom is -0.346 e. The van der Waals surface area contributed by atoms with Gasteiger partial charge in [0.2, 0.25) is 0 Å². The summed E-state index contributed by atoms with van der Waals surface area (Å²) in [6, 6.07) is 0. The van der Waals surface area contributed by atoms with Crippen molar-refractivity contribution in [3.8, 4) is 11.3 Å². The van der Waals surface area contributed by atoms with Gasteiger partial charge in [0, 0.05) is 24.0 Å². The Labute approximate surface area is 102 Å². The zero-order valence-corrected chi connectivity index (χ0v) is 11.0. The van der Waals surface area contributed by atoms with Gasteiger partial charge >= 0.3 is 0 Å². The van der Waals surface area contributed by atoms with Crippen LogP contribution in [0.2, 0.25) is 0 Å². The largest absolute Gasteiger partial charge is 0.346 e. The molecule has 92 valence electrons. The van der Waals surface area contributed by atoms with Gasteiger partial charge in [0.15, 0.2) is 0 Å². The van der Waals surface area contributed by atoms with Gasteiger partial charge in [-0.2, -0.15) is 5.10 Å². The summed E-state index contributed by atoms with van der Waals surface area (Å²) in [4.78, 5) is 7.70. The Morgan fingerprint density at radius 1 is 1.35 bits per heavy atom. The monoisotopic (exact) mass is 232 g/mol. The second kappa shape index (κ2) is 4.73. The van der Waals surface area contributed by atoms with E-state index in [0.29, 0.717) is 5.92 Å². The molecule has 2 heterocycles. The van der Waals surface area contributed by atoms with Crippen LogP contribution in [-0.4, -0.2) is 19.7 Å². The maximum atomic E-state index is 4.48. The lowest BCUT2D eigenvalue weighted by molar-refractivity contribution is 0.487. The van der Waals surface area contributed by atoms with Gasteiger partial charge in [-0.15, -0.1) is 0 Å². The fraction of sp³-hybridized carbons (Fsp3) is 0.538. The first-order chi connectivity index (χ1) is 8.06. The van der Waals surface area contributed by atoms with Gasteiger partial charge in [0.25, 0.3) is 0 Å². The van der Waals surface area contributed by atoms with E-state index in [-0.39, 0.29) is 0 Å². The maximum absolute atomic E-state index is 4.48. The highest BCUT2D eigenvalue weighted by Crippen LogP contribution is 2.20. The second-order valence-electron chi connectivity index (χ2n) is 4.97. The molecule has 0 aliphatic carbocycles. The highest BCUT2D eigenvalue weighted by Gasteiger charge is 2.09. The van der Waals surface area contributed by atoms with Gasteiger partial charge in [0.05, 0.1) is 11.9 Å². The number of rotatable bonds is 4. The molecule has 0 aromatic carbocycles. The molecule has 0 radical (unpaired) electrons. The minimum absolute atomic E-state index is 0.706. The number of nitrogens with zero attached hydrogens (tertiary/aromatic N) is 3. The molecule has 0 aliphatic rings. The topological polar surface area (TPSA) is 46.5 Å². The van der Waals surface area contributed by atoms with Crippen LogP contribution in [0, 0.1) is 19.8 Å². The number of H-pyrrole nitrogens is 1. The van der Waals surface area contributed by atoms with E-state index in [4.69, 9.17) is 0 Å². The molecule has 0 amide bonds. The van der Waals surface area contributed by atoms with E-state index < -0.39 is 0 Å². The molecule has 2 aromatic rings. The molecule has 0 fully saturated rings. The summed E-state index contributed by atoms with van der Waals surface area (Å²) in [6.45, 7) is 9.44. The molecule has 17 heavy (non-hydrogen) atoms. The standard InChI is InChI=1S/C13H20N4/c1-9(2)5-6-17-8-12(7-14-17)13-10(3)15-11(4)16-13/h7-9H,5-6H2,1-4H3,(H,15,16). The molecule has 0 aliphatic heterocycles. The number of aromatic amines is 1. The molecule has 4 heteroatoms. The van der Waals surface area contributed by atoms with Crippen molar-refractivity contribution in [2.24, 2.45) is 5.92 Å². The fourth-order valence-corrected chi connectivity index (χ4v) is 1.89. The first kappa shape index (κ1) is 11.9. The van der Waals surface area contributed by atoms with E-state index in [1.807, 2.05) is 24.7 Å². The lowest BCUT2D eigenvalue weighted by Gasteiger charge is -2.03. The molecule has 1 N–H and O–H groups in total. The zero-order valence-electron chi connectivity index (χ0n) is 11.0. The van der Waals surface area contributed by atoms with E-state index in [0.717, 1.165) is 35.7 Å². The van der Waals surface area contributed by atoms with E-state index in [1.54, 1.807) is 0 Å². The van der Waals surface area contributed by atoms with Crippen LogP contribution in [-0.2, 0) is 6.54 Å². The van der Waals surface area contributed by atoms with Crippen molar-refractivity contribution in [1.82, 2.24) is 19.7 Å². The lowest BCUT2D eigenvalue weighted by atomic mass is 10.1. The molecule has 0 saturated heterocycles. The Balaban J connectivity index is 2.15. The van der Waals surface area contributed by atoms with Crippen molar-refractivity contribution in [2.45, 2.75) is 40.7 Å². The summed E-state index contributed by atoms with van der Waals surface area (Å²) in [5.41, 5.74) is 3.21. The molecule has 0 unspecified atom stereocenters. The molecule has 4 nitrogen and oxygen atoms in total. The van der Waals surface area contributed by atoms with Crippen molar-refractivity contribution in [1.29, 1.82) is 0 Å². The second-order valence-corrected chi connectivity index (χ2v) is 4.97. The SMILES string of the molecule is Cc1nc(-c2cnn(CCC(C)C)c2)c(C)[nH]1. The first-order valence-electron chi connectivity index (χ1n) is 6.12. The third-order valence-electron chi connectivity index (χ3n) is 2.85. The Morgan fingerprint density at radius 2 is 2.12 bits per heavy atom. The van der Waals surface area contributed by atoms with Crippen LogP contribution in [0.15, 0.2) is 12.4 Å². The van der Waals surface area contributed by atoms with Crippen LogP contribution in [0.3, 0.4) is 0 Å². The number of nitrogens with one attached hydrogen (secondary N) is 1. The highest BCUT2D eigenvalue weighted by molar-refractivity contribution is 5.59. The van der Waals surface area contributed by atoms with Gasteiger partial charge in [-0.05, 0) is 26.2 Å². The Bertz CT molecular complexity index is 493. The number of hydrogen-bond acceptors (Lipinski definition) is 2. The van der Waals surface area contributed by atoms with Crippen molar-refractivity contribution >= 4 is 0 Å². The maximum Gasteiger partial charge on any atom is 0.103 e. The van der Waals surface area contributed by atoms with Crippen LogP contribution in [0.4, 0.5) is 0 Å². The Morgan fingerprint density at radius 3 is 2.71 bits per heavy atom. The van der Waals surface area contributed by atoms with Crippen molar-refractivity contribution in [3.63, 3.8) is 0 Å². The summed E-state index contributed by atoms with van der Waals surface area (Å²) < 4.78 is 2.00. The predicted molar refractivity (Wildman–Crippen MR) is 68.7 cm³/mol. The van der Waals surface area contributed by atoms with Gasteiger partial charge in [-0.25, -0.2) is 4.98 Å². The van der Waals surface area contributed by atoms with Crippen molar-refractivity contribution in [3.05, 3.63) is 23.9 Å². The molecule has 0 spiro atoms. The molecule has 2 aromatic heterocycles. The fourth-order valence-electron chi connectivity index (χ4n) is 1.89. The first-order valence-corrected chi connectivity index (χ1v) is 6.12. The van der Waals surface area contributed by atoms with Crippen LogP contribution in [0.1, 0.15) is 31.8 Å². The predicted octanol–water partition coefficient (Wildman–Crippen LogP) is 2.94. The molecule has 2 rings (SSSR count). The van der Waals surface area contributed by atoms with Crippen LogP contribution < -0.4 is 0 Å². The van der Waals surface area contributed by atoms with Crippen LogP contribution in [0.5, 0.6) is 0 Å². The molecular weight excluding hydrogens is 212 g/mol. The van der Waals surface area contributed by atoms with Gasteiger partial charge in [-0.1, -0.05) is 13.8 Å². The summed E-state index contributed by atoms with van der Waals surface area (Å²) in [5.74, 6) is 1.66. The third kappa shape index (κ3) is 2.75.